The fourth-order valence-corrected chi connectivity index (χ4v) is 3.83. The van der Waals surface area contributed by atoms with E-state index in [2.05, 4.69) is 0 Å². The van der Waals surface area contributed by atoms with Crippen molar-refractivity contribution < 1.29 is 24.1 Å². The Morgan fingerprint density at radius 1 is 0.688 bits per heavy atom. The number of benzene rings is 3. The highest BCUT2D eigenvalue weighted by atomic mass is 16.6. The van der Waals surface area contributed by atoms with Gasteiger partial charge in [0.25, 0.3) is 0 Å². The van der Waals surface area contributed by atoms with Crippen LogP contribution in [0.25, 0.3) is 0 Å². The van der Waals surface area contributed by atoms with Crippen LogP contribution in [0.5, 0.6) is 0 Å². The summed E-state index contributed by atoms with van der Waals surface area (Å²) in [6, 6.07) is 30.0. The summed E-state index contributed by atoms with van der Waals surface area (Å²) in [5.41, 5.74) is 3.24. The van der Waals surface area contributed by atoms with E-state index in [1.54, 1.807) is 0 Å². The average molecular weight is 435 g/mol. The Bertz CT molecular complexity index is 903. The highest BCUT2D eigenvalue weighted by molar-refractivity contribution is 5.15. The number of rotatable bonds is 10. The lowest BCUT2D eigenvalue weighted by Crippen LogP contribution is -2.52. The van der Waals surface area contributed by atoms with Crippen LogP contribution in [0.15, 0.2) is 91.0 Å². The highest BCUT2D eigenvalue weighted by Gasteiger charge is 2.40. The SMILES string of the molecule is O[C@@H]1C[C@@H](OCc2ccccc2)[C@@H](OCc2ccccc2)C(COCc2ccccc2)O1. The summed E-state index contributed by atoms with van der Waals surface area (Å²) in [6.07, 6.45) is -1.68. The van der Waals surface area contributed by atoms with Gasteiger partial charge in [-0.1, -0.05) is 91.0 Å². The molecule has 3 aromatic carbocycles. The molecular formula is C27H30O5. The van der Waals surface area contributed by atoms with Crippen LogP contribution in [0.1, 0.15) is 23.1 Å². The molecular weight excluding hydrogens is 404 g/mol. The van der Waals surface area contributed by atoms with E-state index in [1.807, 2.05) is 91.0 Å². The molecule has 32 heavy (non-hydrogen) atoms. The van der Waals surface area contributed by atoms with Gasteiger partial charge in [0.05, 0.1) is 32.5 Å². The van der Waals surface area contributed by atoms with Crippen LogP contribution in [0, 0.1) is 0 Å². The predicted molar refractivity (Wildman–Crippen MR) is 122 cm³/mol. The molecule has 4 atom stereocenters. The molecule has 0 aromatic heterocycles. The first-order chi connectivity index (χ1) is 15.8. The van der Waals surface area contributed by atoms with E-state index in [4.69, 9.17) is 18.9 Å². The molecule has 0 amide bonds. The van der Waals surface area contributed by atoms with Crippen molar-refractivity contribution in [1.82, 2.24) is 0 Å². The quantitative estimate of drug-likeness (QED) is 0.510. The van der Waals surface area contributed by atoms with E-state index >= 15 is 0 Å². The Morgan fingerprint density at radius 3 is 1.75 bits per heavy atom. The van der Waals surface area contributed by atoms with Crippen LogP contribution in [0.3, 0.4) is 0 Å². The average Bonchev–Trinajstić information content (AvgIpc) is 2.84. The molecule has 4 rings (SSSR count). The molecule has 1 aliphatic rings. The molecule has 0 saturated carbocycles. The molecule has 3 aromatic rings. The zero-order valence-corrected chi connectivity index (χ0v) is 18.1. The minimum atomic E-state index is -0.919. The summed E-state index contributed by atoms with van der Waals surface area (Å²) in [7, 11) is 0. The van der Waals surface area contributed by atoms with Gasteiger partial charge < -0.3 is 24.1 Å². The maximum absolute atomic E-state index is 10.4. The van der Waals surface area contributed by atoms with E-state index in [-0.39, 0.29) is 12.2 Å². The van der Waals surface area contributed by atoms with Gasteiger partial charge in [0.15, 0.2) is 6.29 Å². The lowest BCUT2D eigenvalue weighted by atomic mass is 10.0. The maximum atomic E-state index is 10.4. The molecule has 1 heterocycles. The first kappa shape index (κ1) is 22.6. The molecule has 1 saturated heterocycles. The number of aliphatic hydroxyl groups is 1. The van der Waals surface area contributed by atoms with Crippen LogP contribution in [-0.2, 0) is 38.8 Å². The van der Waals surface area contributed by atoms with Crippen molar-refractivity contribution in [3.8, 4) is 0 Å². The van der Waals surface area contributed by atoms with Crippen molar-refractivity contribution in [1.29, 1.82) is 0 Å². The molecule has 5 nitrogen and oxygen atoms in total. The zero-order chi connectivity index (χ0) is 22.0. The topological polar surface area (TPSA) is 57.2 Å². The molecule has 0 aliphatic carbocycles. The van der Waals surface area contributed by atoms with Crippen molar-refractivity contribution in [3.05, 3.63) is 108 Å². The minimum Gasteiger partial charge on any atom is -0.374 e. The molecule has 168 valence electrons. The lowest BCUT2D eigenvalue weighted by Gasteiger charge is -2.39. The summed E-state index contributed by atoms with van der Waals surface area (Å²) < 4.78 is 24.3. The monoisotopic (exact) mass is 434 g/mol. The predicted octanol–water partition coefficient (Wildman–Crippen LogP) is 4.48. The summed E-state index contributed by atoms with van der Waals surface area (Å²) in [5, 5.41) is 10.4. The third-order valence-corrected chi connectivity index (χ3v) is 5.48. The first-order valence-electron chi connectivity index (χ1n) is 11.0. The summed E-state index contributed by atoms with van der Waals surface area (Å²) in [4.78, 5) is 0. The molecule has 0 bridgehead atoms. The minimum absolute atomic E-state index is 0.302. The van der Waals surface area contributed by atoms with Crippen LogP contribution in [0.2, 0.25) is 0 Å². The molecule has 5 heteroatoms. The van der Waals surface area contributed by atoms with Crippen molar-refractivity contribution in [2.45, 2.75) is 50.8 Å². The number of aliphatic hydroxyl groups excluding tert-OH is 1. The molecule has 0 spiro atoms. The molecule has 1 fully saturated rings. The fourth-order valence-electron chi connectivity index (χ4n) is 3.83. The van der Waals surface area contributed by atoms with Crippen molar-refractivity contribution in [2.75, 3.05) is 6.61 Å². The fraction of sp³-hybridized carbons (Fsp3) is 0.333. The van der Waals surface area contributed by atoms with E-state index < -0.39 is 12.4 Å². The summed E-state index contributed by atoms with van der Waals surface area (Å²) >= 11 is 0. The molecule has 1 unspecified atom stereocenters. The van der Waals surface area contributed by atoms with Crippen LogP contribution < -0.4 is 0 Å². The van der Waals surface area contributed by atoms with Crippen molar-refractivity contribution >= 4 is 0 Å². The van der Waals surface area contributed by atoms with E-state index in [9.17, 15) is 5.11 Å². The normalized spacial score (nSPS) is 23.2. The Kier molecular flexibility index (Phi) is 8.42. The van der Waals surface area contributed by atoms with Gasteiger partial charge in [-0.15, -0.1) is 0 Å². The van der Waals surface area contributed by atoms with Gasteiger partial charge in [0, 0.05) is 6.42 Å². The molecule has 1 aliphatic heterocycles. The first-order valence-corrected chi connectivity index (χ1v) is 11.0. The van der Waals surface area contributed by atoms with Gasteiger partial charge >= 0.3 is 0 Å². The van der Waals surface area contributed by atoms with Gasteiger partial charge in [0.2, 0.25) is 0 Å². The van der Waals surface area contributed by atoms with Crippen molar-refractivity contribution in [3.63, 3.8) is 0 Å². The number of hydrogen-bond acceptors (Lipinski definition) is 5. The number of ether oxygens (including phenoxy) is 4. The Hall–Kier alpha value is -2.54. The van der Waals surface area contributed by atoms with Crippen LogP contribution in [0.4, 0.5) is 0 Å². The van der Waals surface area contributed by atoms with Gasteiger partial charge in [-0.05, 0) is 16.7 Å². The van der Waals surface area contributed by atoms with E-state index in [0.29, 0.717) is 32.8 Å². The van der Waals surface area contributed by atoms with Gasteiger partial charge in [0.1, 0.15) is 12.2 Å². The van der Waals surface area contributed by atoms with Gasteiger partial charge in [-0.2, -0.15) is 0 Å². The lowest BCUT2D eigenvalue weighted by molar-refractivity contribution is -0.265. The Morgan fingerprint density at radius 2 is 1.19 bits per heavy atom. The standard InChI is InChI=1S/C27H30O5/c28-26-16-24(30-18-22-12-6-2-7-13-22)27(31-19-23-14-8-3-9-15-23)25(32-26)20-29-17-21-10-4-1-5-11-21/h1-15,24-28H,16-20H2/t24-,25?,26+,27-/m1/s1. The second-order valence-electron chi connectivity index (χ2n) is 7.96. The third kappa shape index (κ3) is 6.73. The summed E-state index contributed by atoms with van der Waals surface area (Å²) in [5.74, 6) is 0. The largest absolute Gasteiger partial charge is 0.374 e. The van der Waals surface area contributed by atoms with Gasteiger partial charge in [-0.3, -0.25) is 0 Å². The van der Waals surface area contributed by atoms with E-state index in [1.165, 1.54) is 0 Å². The van der Waals surface area contributed by atoms with Crippen molar-refractivity contribution in [2.24, 2.45) is 0 Å². The maximum Gasteiger partial charge on any atom is 0.157 e. The highest BCUT2D eigenvalue weighted by Crippen LogP contribution is 2.27. The smallest absolute Gasteiger partial charge is 0.157 e. The van der Waals surface area contributed by atoms with Crippen LogP contribution >= 0.6 is 0 Å². The Labute approximate surface area is 189 Å². The second kappa shape index (κ2) is 11.9. The summed E-state index contributed by atoms with van der Waals surface area (Å²) in [6.45, 7) is 1.65. The molecule has 0 radical (unpaired) electrons. The van der Waals surface area contributed by atoms with E-state index in [0.717, 1.165) is 16.7 Å². The molecule has 1 N–H and O–H groups in total. The second-order valence-corrected chi connectivity index (χ2v) is 7.96. The van der Waals surface area contributed by atoms with Crippen LogP contribution in [-0.4, -0.2) is 36.3 Å². The van der Waals surface area contributed by atoms with Gasteiger partial charge in [-0.25, -0.2) is 0 Å². The zero-order valence-electron chi connectivity index (χ0n) is 18.1. The third-order valence-electron chi connectivity index (χ3n) is 5.48. The number of hydrogen-bond donors (Lipinski definition) is 1. The Balaban J connectivity index is 1.42.